The molecule has 0 aliphatic heterocycles. The van der Waals surface area contributed by atoms with Crippen LogP contribution in [0.1, 0.15) is 31.5 Å². The highest BCUT2D eigenvalue weighted by Gasteiger charge is 2.31. The molecule has 11 heteroatoms. The fraction of sp³-hybridized carbons (Fsp3) is 0.261. The number of fused-ring (bicyclic) bond motifs is 1. The number of benzene rings is 2. The quantitative estimate of drug-likeness (QED) is 0.348. The first-order valence-electron chi connectivity index (χ1n) is 10.7. The van der Waals surface area contributed by atoms with Crippen molar-refractivity contribution in [2.24, 2.45) is 0 Å². The van der Waals surface area contributed by atoms with Crippen molar-refractivity contribution < 1.29 is 14.3 Å². The van der Waals surface area contributed by atoms with E-state index in [2.05, 4.69) is 25.8 Å². The highest BCUT2D eigenvalue weighted by Crippen LogP contribution is 2.41. The maximum absolute atomic E-state index is 12.7. The average Bonchev–Trinajstić information content (AvgIpc) is 3.44. The molecular weight excluding hydrogens is 472 g/mol. The van der Waals surface area contributed by atoms with Gasteiger partial charge in [-0.1, -0.05) is 29.2 Å². The maximum atomic E-state index is 12.7. The second-order valence-corrected chi connectivity index (χ2v) is 9.84. The summed E-state index contributed by atoms with van der Waals surface area (Å²) in [4.78, 5) is 28.6. The molecule has 1 aliphatic carbocycles. The third-order valence-corrected chi connectivity index (χ3v) is 7.06. The van der Waals surface area contributed by atoms with Crippen molar-refractivity contribution in [1.29, 1.82) is 0 Å². The van der Waals surface area contributed by atoms with Crippen molar-refractivity contribution >= 4 is 55.9 Å². The number of hydrogen-bond acceptors (Lipinski definition) is 8. The van der Waals surface area contributed by atoms with Gasteiger partial charge in [-0.3, -0.25) is 14.2 Å². The molecule has 0 radical (unpaired) electrons. The largest absolute Gasteiger partial charge is 0.497 e. The van der Waals surface area contributed by atoms with Crippen molar-refractivity contribution in [2.45, 2.75) is 30.8 Å². The average molecular weight is 495 g/mol. The van der Waals surface area contributed by atoms with E-state index in [9.17, 15) is 9.59 Å². The highest BCUT2D eigenvalue weighted by atomic mass is 32.2. The minimum Gasteiger partial charge on any atom is -0.497 e. The Balaban J connectivity index is 1.32. The van der Waals surface area contributed by atoms with Crippen LogP contribution < -0.4 is 15.4 Å². The Bertz CT molecular complexity index is 1380. The Labute approximate surface area is 203 Å². The number of ether oxygens (including phenoxy) is 1. The van der Waals surface area contributed by atoms with Gasteiger partial charge < -0.3 is 15.4 Å². The van der Waals surface area contributed by atoms with E-state index < -0.39 is 0 Å². The Morgan fingerprint density at radius 1 is 1.18 bits per heavy atom. The summed E-state index contributed by atoms with van der Waals surface area (Å²) in [6.07, 6.45) is 2.13. The minimum absolute atomic E-state index is 0.136. The van der Waals surface area contributed by atoms with Gasteiger partial charge in [0.2, 0.25) is 11.8 Å². The summed E-state index contributed by atoms with van der Waals surface area (Å²) in [5.41, 5.74) is 2.35. The number of thioether (sulfide) groups is 1. The minimum atomic E-state index is -0.175. The van der Waals surface area contributed by atoms with Crippen LogP contribution in [0.4, 0.5) is 10.8 Å². The Morgan fingerprint density at radius 3 is 2.79 bits per heavy atom. The molecule has 34 heavy (non-hydrogen) atoms. The van der Waals surface area contributed by atoms with E-state index in [0.717, 1.165) is 40.3 Å². The van der Waals surface area contributed by atoms with Crippen LogP contribution in [0.5, 0.6) is 5.75 Å². The highest BCUT2D eigenvalue weighted by molar-refractivity contribution is 7.99. The Kier molecular flexibility index (Phi) is 6.20. The number of carbonyl (C=O) groups is 2. The van der Waals surface area contributed by atoms with E-state index in [-0.39, 0.29) is 17.6 Å². The number of methoxy groups -OCH3 is 1. The van der Waals surface area contributed by atoms with Crippen LogP contribution in [0.15, 0.2) is 47.6 Å². The van der Waals surface area contributed by atoms with Gasteiger partial charge in [0.15, 0.2) is 10.3 Å². The fourth-order valence-electron chi connectivity index (χ4n) is 3.52. The van der Waals surface area contributed by atoms with Crippen LogP contribution in [0, 0.1) is 0 Å². The lowest BCUT2D eigenvalue weighted by Crippen LogP contribution is -2.14. The predicted molar refractivity (Wildman–Crippen MR) is 133 cm³/mol. The number of anilines is 2. The number of rotatable bonds is 8. The molecule has 2 N–H and O–H groups in total. The van der Waals surface area contributed by atoms with Crippen molar-refractivity contribution in [3.63, 3.8) is 0 Å². The third-order valence-electron chi connectivity index (χ3n) is 5.20. The fourth-order valence-corrected chi connectivity index (χ4v) is 5.19. The second kappa shape index (κ2) is 9.43. The van der Waals surface area contributed by atoms with Gasteiger partial charge in [0.05, 0.1) is 28.8 Å². The molecule has 1 aliphatic rings. The number of hydrogen-bond donors (Lipinski definition) is 2. The molecule has 1 fully saturated rings. The lowest BCUT2D eigenvalue weighted by Gasteiger charge is -2.11. The molecule has 0 spiro atoms. The van der Waals surface area contributed by atoms with E-state index in [0.29, 0.717) is 21.9 Å². The van der Waals surface area contributed by atoms with Gasteiger partial charge in [-0.05, 0) is 49.2 Å². The van der Waals surface area contributed by atoms with Crippen LogP contribution in [-0.2, 0) is 9.59 Å². The molecule has 2 aromatic carbocycles. The van der Waals surface area contributed by atoms with Gasteiger partial charge in [-0.25, -0.2) is 4.98 Å². The third kappa shape index (κ3) is 4.90. The van der Waals surface area contributed by atoms with Gasteiger partial charge in [0, 0.05) is 18.5 Å². The number of carbonyl (C=O) groups excluding carboxylic acids is 2. The summed E-state index contributed by atoms with van der Waals surface area (Å²) in [7, 11) is 1.62. The molecule has 0 unspecified atom stereocenters. The normalized spacial score (nSPS) is 13.1. The topological polar surface area (TPSA) is 111 Å². The molecule has 0 saturated heterocycles. The van der Waals surface area contributed by atoms with Crippen LogP contribution >= 0.6 is 23.1 Å². The van der Waals surface area contributed by atoms with Crippen LogP contribution in [0.2, 0.25) is 0 Å². The van der Waals surface area contributed by atoms with Crippen molar-refractivity contribution in [1.82, 2.24) is 19.7 Å². The Hall–Kier alpha value is -3.44. The first-order chi connectivity index (χ1) is 16.5. The van der Waals surface area contributed by atoms with Crippen molar-refractivity contribution in [3.05, 3.63) is 48.3 Å². The summed E-state index contributed by atoms with van der Waals surface area (Å²) >= 11 is 2.71. The van der Waals surface area contributed by atoms with Crippen molar-refractivity contribution in [2.75, 3.05) is 23.5 Å². The number of nitrogens with zero attached hydrogens (tertiary/aromatic N) is 4. The maximum Gasteiger partial charge on any atom is 0.236 e. The summed E-state index contributed by atoms with van der Waals surface area (Å²) in [6, 6.07) is 13.1. The standard InChI is InChI=1S/C23H22N6O3S2/c1-13(30)24-15-4-3-5-16(10-15)29-21(14-6-7-14)27-28-23(29)33-12-20(31)26-22-25-18-9-8-17(32-2)11-19(18)34-22/h3-5,8-11,14H,6-7,12H2,1-2H3,(H,24,30)(H,25,26,31). The number of aromatic nitrogens is 4. The summed E-state index contributed by atoms with van der Waals surface area (Å²) in [6.45, 7) is 1.48. The SMILES string of the molecule is COc1ccc2nc(NC(=O)CSc3nnc(C4CC4)n3-c3cccc(NC(C)=O)c3)sc2c1. The van der Waals surface area contributed by atoms with E-state index in [1.165, 1.54) is 30.0 Å². The number of amides is 2. The smallest absolute Gasteiger partial charge is 0.236 e. The van der Waals surface area contributed by atoms with Gasteiger partial charge in [-0.15, -0.1) is 10.2 Å². The molecule has 0 atom stereocenters. The molecule has 2 amide bonds. The Morgan fingerprint density at radius 2 is 2.03 bits per heavy atom. The van der Waals surface area contributed by atoms with Crippen LogP contribution in [-0.4, -0.2) is 44.4 Å². The van der Waals surface area contributed by atoms with E-state index in [1.807, 2.05) is 47.0 Å². The molecule has 4 aromatic rings. The van der Waals surface area contributed by atoms with Gasteiger partial charge in [0.25, 0.3) is 0 Å². The summed E-state index contributed by atoms with van der Waals surface area (Å²) < 4.78 is 8.17. The molecule has 2 heterocycles. The zero-order valence-corrected chi connectivity index (χ0v) is 20.2. The lowest BCUT2D eigenvalue weighted by atomic mass is 10.2. The lowest BCUT2D eigenvalue weighted by molar-refractivity contribution is -0.114. The first kappa shape index (κ1) is 22.4. The molecular formula is C23H22N6O3S2. The molecule has 0 bridgehead atoms. The molecule has 5 rings (SSSR count). The monoisotopic (exact) mass is 494 g/mol. The molecule has 9 nitrogen and oxygen atoms in total. The predicted octanol–water partition coefficient (Wildman–Crippen LogP) is 4.45. The first-order valence-corrected chi connectivity index (χ1v) is 12.5. The van der Waals surface area contributed by atoms with Crippen LogP contribution in [0.3, 0.4) is 0 Å². The zero-order chi connectivity index (χ0) is 23.7. The van der Waals surface area contributed by atoms with Crippen LogP contribution in [0.25, 0.3) is 15.9 Å². The van der Waals surface area contributed by atoms with E-state index in [4.69, 9.17) is 4.74 Å². The molecule has 174 valence electrons. The summed E-state index contributed by atoms with van der Waals surface area (Å²) in [5, 5.41) is 15.6. The second-order valence-electron chi connectivity index (χ2n) is 7.87. The van der Waals surface area contributed by atoms with Crippen molar-refractivity contribution in [3.8, 4) is 11.4 Å². The van der Waals surface area contributed by atoms with Gasteiger partial charge in [-0.2, -0.15) is 0 Å². The number of thiazole rings is 1. The van der Waals surface area contributed by atoms with E-state index in [1.54, 1.807) is 7.11 Å². The van der Waals surface area contributed by atoms with Gasteiger partial charge >= 0.3 is 0 Å². The molecule has 2 aromatic heterocycles. The summed E-state index contributed by atoms with van der Waals surface area (Å²) in [5.74, 6) is 1.84. The zero-order valence-electron chi connectivity index (χ0n) is 18.6. The van der Waals surface area contributed by atoms with Gasteiger partial charge in [0.1, 0.15) is 11.6 Å². The number of nitrogens with one attached hydrogen (secondary N) is 2. The molecule has 1 saturated carbocycles. The van der Waals surface area contributed by atoms with E-state index >= 15 is 0 Å².